The number of ketones is 1. The lowest BCUT2D eigenvalue weighted by molar-refractivity contribution is 0.0573. The molecule has 15 heavy (non-hydrogen) atoms. The molecule has 2 heterocycles. The second kappa shape index (κ2) is 2.85. The number of carbonyl (C=O) groups is 2. The number of ether oxygens (including phenoxy) is 1. The molecule has 0 saturated carbocycles. The molecule has 0 atom stereocenters. The first-order chi connectivity index (χ1) is 6.89. The van der Waals surface area contributed by atoms with Gasteiger partial charge in [-0.3, -0.25) is 4.79 Å². The standard InChI is InChI=1S/C10H10O5/c1-10(2)4-5(11)8-6(15-10)3-7(14-8)9(12)13/h3H,4H2,1-2H3,(H,12,13). The molecule has 1 aromatic heterocycles. The molecule has 0 fully saturated rings. The molecule has 0 bridgehead atoms. The van der Waals surface area contributed by atoms with Gasteiger partial charge in [-0.05, 0) is 13.8 Å². The molecule has 0 aromatic carbocycles. The van der Waals surface area contributed by atoms with Crippen molar-refractivity contribution in [2.45, 2.75) is 25.9 Å². The van der Waals surface area contributed by atoms with Crippen molar-refractivity contribution in [3.8, 4) is 5.75 Å². The van der Waals surface area contributed by atoms with Crippen LogP contribution in [-0.4, -0.2) is 22.5 Å². The maximum atomic E-state index is 11.6. The van der Waals surface area contributed by atoms with Crippen molar-refractivity contribution in [1.29, 1.82) is 0 Å². The minimum atomic E-state index is -1.21. The third-order valence-corrected chi connectivity index (χ3v) is 2.13. The zero-order valence-electron chi connectivity index (χ0n) is 8.36. The van der Waals surface area contributed by atoms with Gasteiger partial charge in [0.15, 0.2) is 5.75 Å². The van der Waals surface area contributed by atoms with E-state index < -0.39 is 11.6 Å². The minimum Gasteiger partial charge on any atom is -0.483 e. The van der Waals surface area contributed by atoms with Gasteiger partial charge in [0, 0.05) is 6.07 Å². The third-order valence-electron chi connectivity index (χ3n) is 2.13. The van der Waals surface area contributed by atoms with E-state index >= 15 is 0 Å². The van der Waals surface area contributed by atoms with Crippen molar-refractivity contribution in [2.75, 3.05) is 0 Å². The van der Waals surface area contributed by atoms with E-state index in [1.165, 1.54) is 6.07 Å². The molecule has 1 aromatic rings. The summed E-state index contributed by atoms with van der Waals surface area (Å²) >= 11 is 0. The second-order valence-corrected chi connectivity index (χ2v) is 4.07. The number of furan rings is 1. The van der Waals surface area contributed by atoms with Crippen LogP contribution in [0.1, 0.15) is 41.4 Å². The van der Waals surface area contributed by atoms with Crippen molar-refractivity contribution in [2.24, 2.45) is 0 Å². The number of carbonyl (C=O) groups excluding carboxylic acids is 1. The maximum Gasteiger partial charge on any atom is 0.371 e. The smallest absolute Gasteiger partial charge is 0.371 e. The summed E-state index contributed by atoms with van der Waals surface area (Å²) in [5, 5.41) is 8.69. The average molecular weight is 210 g/mol. The van der Waals surface area contributed by atoms with E-state index in [9.17, 15) is 9.59 Å². The summed E-state index contributed by atoms with van der Waals surface area (Å²) in [6.45, 7) is 3.53. The Bertz CT molecular complexity index is 441. The van der Waals surface area contributed by atoms with Gasteiger partial charge in [-0.2, -0.15) is 0 Å². The summed E-state index contributed by atoms with van der Waals surface area (Å²) in [6.07, 6.45) is 0.187. The Hall–Kier alpha value is -1.78. The fraction of sp³-hybridized carbons (Fsp3) is 0.400. The van der Waals surface area contributed by atoms with Crippen LogP contribution in [0.15, 0.2) is 10.5 Å². The Balaban J connectivity index is 2.47. The zero-order valence-corrected chi connectivity index (χ0v) is 8.36. The molecule has 0 amide bonds. The van der Waals surface area contributed by atoms with Crippen LogP contribution in [0, 0.1) is 0 Å². The number of aromatic carboxylic acids is 1. The van der Waals surface area contributed by atoms with E-state index in [1.54, 1.807) is 13.8 Å². The fourth-order valence-corrected chi connectivity index (χ4v) is 1.55. The predicted octanol–water partition coefficient (Wildman–Crippen LogP) is 1.72. The van der Waals surface area contributed by atoms with Crippen LogP contribution >= 0.6 is 0 Å². The van der Waals surface area contributed by atoms with Gasteiger partial charge in [-0.15, -0.1) is 0 Å². The van der Waals surface area contributed by atoms with Crippen LogP contribution in [0.25, 0.3) is 0 Å². The second-order valence-electron chi connectivity index (χ2n) is 4.07. The Morgan fingerprint density at radius 2 is 2.20 bits per heavy atom. The van der Waals surface area contributed by atoms with Gasteiger partial charge in [0.25, 0.3) is 0 Å². The van der Waals surface area contributed by atoms with Crippen LogP contribution in [-0.2, 0) is 0 Å². The van der Waals surface area contributed by atoms with Crippen molar-refractivity contribution in [1.82, 2.24) is 0 Å². The molecule has 0 aliphatic carbocycles. The Kier molecular flexibility index (Phi) is 1.86. The summed E-state index contributed by atoms with van der Waals surface area (Å²) in [7, 11) is 0. The summed E-state index contributed by atoms with van der Waals surface area (Å²) in [5.41, 5.74) is -0.607. The van der Waals surface area contributed by atoms with E-state index in [0.29, 0.717) is 0 Å². The van der Waals surface area contributed by atoms with Gasteiger partial charge in [0.2, 0.25) is 17.3 Å². The molecule has 0 spiro atoms. The van der Waals surface area contributed by atoms with Crippen molar-refractivity contribution >= 4 is 11.8 Å². The van der Waals surface area contributed by atoms with Gasteiger partial charge in [0.05, 0.1) is 6.42 Å². The lowest BCUT2D eigenvalue weighted by Gasteiger charge is -2.28. The van der Waals surface area contributed by atoms with E-state index in [4.69, 9.17) is 14.3 Å². The molecule has 5 nitrogen and oxygen atoms in total. The number of carboxylic acid groups (broad SMARTS) is 1. The van der Waals surface area contributed by atoms with Gasteiger partial charge in [-0.1, -0.05) is 0 Å². The molecule has 1 N–H and O–H groups in total. The topological polar surface area (TPSA) is 76.7 Å². The van der Waals surface area contributed by atoms with E-state index in [1.807, 2.05) is 0 Å². The summed E-state index contributed by atoms with van der Waals surface area (Å²) in [5.74, 6) is -1.49. The normalized spacial score (nSPS) is 18.1. The lowest BCUT2D eigenvalue weighted by Crippen LogP contribution is -2.35. The summed E-state index contributed by atoms with van der Waals surface area (Å²) < 4.78 is 10.3. The Labute approximate surface area is 85.6 Å². The minimum absolute atomic E-state index is 0.00623. The first kappa shape index (κ1) is 9.76. The summed E-state index contributed by atoms with van der Waals surface area (Å²) in [6, 6.07) is 1.23. The molecule has 0 unspecified atom stereocenters. The SMILES string of the molecule is CC1(C)CC(=O)c2oc(C(=O)O)cc2O1. The molecule has 5 heteroatoms. The predicted molar refractivity (Wildman–Crippen MR) is 49.3 cm³/mol. The van der Waals surface area contributed by atoms with Gasteiger partial charge >= 0.3 is 5.97 Å². The molecule has 0 radical (unpaired) electrons. The van der Waals surface area contributed by atoms with Gasteiger partial charge < -0.3 is 14.3 Å². The monoisotopic (exact) mass is 210 g/mol. The van der Waals surface area contributed by atoms with Gasteiger partial charge in [0.1, 0.15) is 5.60 Å². The number of rotatable bonds is 1. The molecular formula is C10H10O5. The highest BCUT2D eigenvalue weighted by atomic mass is 16.5. The van der Waals surface area contributed by atoms with Crippen molar-refractivity contribution in [3.63, 3.8) is 0 Å². The number of fused-ring (bicyclic) bond motifs is 1. The molecule has 1 aliphatic rings. The van der Waals surface area contributed by atoms with Crippen LogP contribution in [0.5, 0.6) is 5.75 Å². The molecule has 0 saturated heterocycles. The maximum absolute atomic E-state index is 11.6. The number of hydrogen-bond acceptors (Lipinski definition) is 4. The highest BCUT2D eigenvalue weighted by molar-refractivity contribution is 5.99. The van der Waals surface area contributed by atoms with Crippen LogP contribution in [0.3, 0.4) is 0 Å². The molecular weight excluding hydrogens is 200 g/mol. The fourth-order valence-electron chi connectivity index (χ4n) is 1.55. The van der Waals surface area contributed by atoms with E-state index in [2.05, 4.69) is 0 Å². The molecule has 80 valence electrons. The number of Topliss-reactive ketones (excluding diaryl/α,β-unsaturated/α-hetero) is 1. The number of hydrogen-bond donors (Lipinski definition) is 1. The first-order valence-electron chi connectivity index (χ1n) is 4.48. The van der Waals surface area contributed by atoms with Crippen molar-refractivity contribution in [3.05, 3.63) is 17.6 Å². The number of carboxylic acids is 1. The quantitative estimate of drug-likeness (QED) is 0.763. The largest absolute Gasteiger partial charge is 0.483 e. The van der Waals surface area contributed by atoms with Crippen molar-refractivity contribution < 1.29 is 23.8 Å². The first-order valence-corrected chi connectivity index (χ1v) is 4.48. The molecule has 2 rings (SSSR count). The highest BCUT2D eigenvalue weighted by Gasteiger charge is 2.36. The van der Waals surface area contributed by atoms with Crippen LogP contribution in [0.4, 0.5) is 0 Å². The lowest BCUT2D eigenvalue weighted by atomic mass is 9.97. The third kappa shape index (κ3) is 1.60. The Morgan fingerprint density at radius 3 is 2.80 bits per heavy atom. The highest BCUT2D eigenvalue weighted by Crippen LogP contribution is 2.35. The van der Waals surface area contributed by atoms with Crippen LogP contribution in [0.2, 0.25) is 0 Å². The van der Waals surface area contributed by atoms with E-state index in [0.717, 1.165) is 0 Å². The summed E-state index contributed by atoms with van der Waals surface area (Å²) in [4.78, 5) is 22.2. The zero-order chi connectivity index (χ0) is 11.2. The van der Waals surface area contributed by atoms with Gasteiger partial charge in [-0.25, -0.2) is 4.79 Å². The average Bonchev–Trinajstić information content (AvgIpc) is 2.45. The molecule has 1 aliphatic heterocycles. The van der Waals surface area contributed by atoms with E-state index in [-0.39, 0.29) is 29.5 Å². The Morgan fingerprint density at radius 1 is 1.53 bits per heavy atom. The van der Waals surface area contributed by atoms with Crippen LogP contribution < -0.4 is 4.74 Å².